The smallest absolute Gasteiger partial charge is 0.0165 e. The quantitative estimate of drug-likeness (QED) is 0.541. The predicted octanol–water partition coefficient (Wildman–Crippen LogP) is 2.83. The van der Waals surface area contributed by atoms with Gasteiger partial charge in [0.2, 0.25) is 0 Å². The van der Waals surface area contributed by atoms with E-state index in [4.69, 9.17) is 0 Å². The molecule has 0 nitrogen and oxygen atoms in total. The largest absolute Gasteiger partial charge is 0.0822 e. The summed E-state index contributed by atoms with van der Waals surface area (Å²) in [6, 6.07) is 0. The fourth-order valence-electron chi connectivity index (χ4n) is 0.496. The topological polar surface area (TPSA) is 0 Å². The molecule has 0 bridgehead atoms. The Morgan fingerprint density at radius 1 is 1.44 bits per heavy atom. The van der Waals surface area contributed by atoms with Gasteiger partial charge < -0.3 is 0 Å². The van der Waals surface area contributed by atoms with Gasteiger partial charge in [-0.3, -0.25) is 0 Å². The predicted molar refractivity (Wildman–Crippen MR) is 42.6 cm³/mol. The lowest BCUT2D eigenvalue weighted by Gasteiger charge is -1.98. The Morgan fingerprint density at radius 2 is 2.00 bits per heavy atom. The number of hydrogen-bond acceptors (Lipinski definition) is 0. The van der Waals surface area contributed by atoms with Crippen molar-refractivity contribution in [3.63, 3.8) is 0 Å². The van der Waals surface area contributed by atoms with Crippen molar-refractivity contribution in [3.8, 4) is 0 Å². The Kier molecular flexibility index (Phi) is 4.47. The van der Waals surface area contributed by atoms with Crippen LogP contribution in [0, 0.1) is 26.2 Å². The second-order valence-corrected chi connectivity index (χ2v) is 2.58. The minimum absolute atomic E-state index is 0.292. The van der Waals surface area contributed by atoms with Crippen molar-refractivity contribution in [1.29, 1.82) is 0 Å². The van der Waals surface area contributed by atoms with Gasteiger partial charge in [0.15, 0.2) is 0 Å². The summed E-state index contributed by atoms with van der Waals surface area (Å²) in [6.45, 7) is 11.7. The average molecular weight is 123 g/mol. The number of allylic oxidation sites excluding steroid dienone is 2. The van der Waals surface area contributed by atoms with Gasteiger partial charge in [0.05, 0.1) is 0 Å². The Labute approximate surface area is 59.0 Å². The summed E-state index contributed by atoms with van der Waals surface area (Å²) in [7, 11) is 0. The van der Waals surface area contributed by atoms with Crippen LogP contribution < -0.4 is 0 Å². The molecule has 0 aromatic carbocycles. The van der Waals surface area contributed by atoms with Crippen molar-refractivity contribution in [2.24, 2.45) is 5.92 Å². The highest BCUT2D eigenvalue weighted by Crippen LogP contribution is 2.03. The fraction of sp³-hybridized carbons (Fsp3) is 0.444. The summed E-state index contributed by atoms with van der Waals surface area (Å²) in [5, 5.41) is 0. The van der Waals surface area contributed by atoms with Crippen molar-refractivity contribution in [3.05, 3.63) is 31.9 Å². The van der Waals surface area contributed by atoms with E-state index < -0.39 is 0 Å². The molecule has 0 aliphatic carbocycles. The summed E-state index contributed by atoms with van der Waals surface area (Å²) < 4.78 is 0. The standard InChI is InChI=1S/C9H15/c1-8(2)6-5-7-9(3)4/h5,7-8H,1-2,6H2,3-4H3. The molecule has 0 amide bonds. The Hall–Kier alpha value is -0.260. The molecule has 0 saturated heterocycles. The maximum absolute atomic E-state index is 3.76. The molecule has 0 spiro atoms. The summed E-state index contributed by atoms with van der Waals surface area (Å²) >= 11 is 0. The molecule has 0 saturated carbocycles. The zero-order valence-corrected chi connectivity index (χ0v) is 6.35. The molecular weight excluding hydrogens is 108 g/mol. The van der Waals surface area contributed by atoms with Crippen LogP contribution in [0.25, 0.3) is 0 Å². The van der Waals surface area contributed by atoms with E-state index in [9.17, 15) is 0 Å². The molecule has 3 radical (unpaired) electrons. The molecule has 51 valence electrons. The van der Waals surface area contributed by atoms with E-state index in [0.717, 1.165) is 6.42 Å². The minimum Gasteiger partial charge on any atom is -0.0822 e. The van der Waals surface area contributed by atoms with E-state index in [1.807, 2.05) is 0 Å². The molecule has 0 fully saturated rings. The van der Waals surface area contributed by atoms with Gasteiger partial charge in [-0.15, -0.1) is 0 Å². The van der Waals surface area contributed by atoms with Gasteiger partial charge in [0, 0.05) is 0 Å². The van der Waals surface area contributed by atoms with Crippen LogP contribution in [0.1, 0.15) is 20.3 Å². The van der Waals surface area contributed by atoms with Crippen LogP contribution >= 0.6 is 0 Å². The normalized spacial score (nSPS) is 9.89. The third-order valence-electron chi connectivity index (χ3n) is 0.921. The monoisotopic (exact) mass is 123 g/mol. The third-order valence-corrected chi connectivity index (χ3v) is 0.921. The molecule has 0 unspecified atom stereocenters. The third kappa shape index (κ3) is 7.74. The zero-order valence-electron chi connectivity index (χ0n) is 6.35. The van der Waals surface area contributed by atoms with Crippen molar-refractivity contribution in [2.75, 3.05) is 0 Å². The van der Waals surface area contributed by atoms with Crippen molar-refractivity contribution in [2.45, 2.75) is 20.3 Å². The van der Waals surface area contributed by atoms with Crippen LogP contribution in [0.15, 0.2) is 11.6 Å². The van der Waals surface area contributed by atoms with Crippen LogP contribution in [0.4, 0.5) is 0 Å². The Morgan fingerprint density at radius 3 is 2.33 bits per heavy atom. The van der Waals surface area contributed by atoms with Crippen LogP contribution in [0.2, 0.25) is 0 Å². The maximum atomic E-state index is 3.76. The van der Waals surface area contributed by atoms with Crippen LogP contribution in [-0.2, 0) is 0 Å². The highest BCUT2D eigenvalue weighted by atomic mass is 14.0. The van der Waals surface area contributed by atoms with Gasteiger partial charge in [-0.1, -0.05) is 25.5 Å². The lowest BCUT2D eigenvalue weighted by Crippen LogP contribution is -1.85. The summed E-state index contributed by atoms with van der Waals surface area (Å²) in [6.07, 6.45) is 5.19. The van der Waals surface area contributed by atoms with Gasteiger partial charge >= 0.3 is 0 Å². The van der Waals surface area contributed by atoms with Crippen LogP contribution in [0.3, 0.4) is 0 Å². The Bertz CT molecular complexity index is 84.2. The molecule has 0 aromatic rings. The van der Waals surface area contributed by atoms with Crippen LogP contribution in [0.5, 0.6) is 0 Å². The second-order valence-electron chi connectivity index (χ2n) is 2.58. The molecule has 0 N–H and O–H groups in total. The average Bonchev–Trinajstić information content (AvgIpc) is 1.63. The lowest BCUT2D eigenvalue weighted by atomic mass is 10.1. The van der Waals surface area contributed by atoms with Gasteiger partial charge in [0.1, 0.15) is 0 Å². The van der Waals surface area contributed by atoms with E-state index in [1.165, 1.54) is 5.57 Å². The molecule has 9 heavy (non-hydrogen) atoms. The first kappa shape index (κ1) is 8.74. The van der Waals surface area contributed by atoms with Crippen molar-refractivity contribution >= 4 is 0 Å². The molecule has 0 heteroatoms. The molecule has 0 aliphatic rings. The van der Waals surface area contributed by atoms with E-state index in [0.29, 0.717) is 5.92 Å². The molecule has 0 aromatic heterocycles. The molecule has 0 rings (SSSR count). The first-order valence-electron chi connectivity index (χ1n) is 3.26. The van der Waals surface area contributed by atoms with E-state index in [-0.39, 0.29) is 0 Å². The van der Waals surface area contributed by atoms with E-state index >= 15 is 0 Å². The molecule has 0 aliphatic heterocycles. The number of rotatable bonds is 3. The van der Waals surface area contributed by atoms with Gasteiger partial charge in [-0.25, -0.2) is 0 Å². The highest BCUT2D eigenvalue weighted by molar-refractivity contribution is 5.03. The van der Waals surface area contributed by atoms with Gasteiger partial charge in [-0.2, -0.15) is 0 Å². The summed E-state index contributed by atoms with van der Waals surface area (Å²) in [4.78, 5) is 0. The second kappa shape index (κ2) is 4.60. The fourth-order valence-corrected chi connectivity index (χ4v) is 0.496. The lowest BCUT2D eigenvalue weighted by molar-refractivity contribution is 0.795. The first-order chi connectivity index (χ1) is 4.13. The first-order valence-corrected chi connectivity index (χ1v) is 3.26. The SMILES string of the molecule is [CH2]C([CH2])C[CH]C=C(C)C. The zero-order chi connectivity index (χ0) is 7.28. The Balaban J connectivity index is 3.20. The van der Waals surface area contributed by atoms with Crippen LogP contribution in [-0.4, -0.2) is 0 Å². The minimum atomic E-state index is 0.292. The molecule has 0 heterocycles. The molecule has 0 atom stereocenters. The highest BCUT2D eigenvalue weighted by Gasteiger charge is 1.90. The van der Waals surface area contributed by atoms with Gasteiger partial charge in [0.25, 0.3) is 0 Å². The van der Waals surface area contributed by atoms with Crippen molar-refractivity contribution in [1.82, 2.24) is 0 Å². The van der Waals surface area contributed by atoms with Gasteiger partial charge in [-0.05, 0) is 32.6 Å². The summed E-state index contributed by atoms with van der Waals surface area (Å²) in [5.74, 6) is 0.292. The maximum Gasteiger partial charge on any atom is -0.0165 e. The molecular formula is C9H15. The summed E-state index contributed by atoms with van der Waals surface area (Å²) in [5.41, 5.74) is 1.33. The number of hydrogen-bond donors (Lipinski definition) is 0. The van der Waals surface area contributed by atoms with Crippen molar-refractivity contribution < 1.29 is 0 Å². The van der Waals surface area contributed by atoms with E-state index in [2.05, 4.69) is 40.2 Å². The van der Waals surface area contributed by atoms with E-state index in [1.54, 1.807) is 0 Å².